The molecule has 0 spiro atoms. The Morgan fingerprint density at radius 1 is 1.17 bits per heavy atom. The van der Waals surface area contributed by atoms with Crippen LogP contribution in [0.5, 0.6) is 0 Å². The van der Waals surface area contributed by atoms with E-state index >= 15 is 0 Å². The lowest BCUT2D eigenvalue weighted by atomic mass is 10.2. The van der Waals surface area contributed by atoms with Gasteiger partial charge in [0.15, 0.2) is 11.5 Å². The maximum absolute atomic E-state index is 12.0. The molecular formula is C15H18ClN3O5. The lowest BCUT2D eigenvalue weighted by Crippen LogP contribution is -2.37. The van der Waals surface area contributed by atoms with Crippen LogP contribution in [-0.2, 0) is 25.7 Å². The molecule has 0 saturated carbocycles. The van der Waals surface area contributed by atoms with Crippen LogP contribution in [0, 0.1) is 0 Å². The van der Waals surface area contributed by atoms with E-state index in [4.69, 9.17) is 17.3 Å². The fourth-order valence-electron chi connectivity index (χ4n) is 1.68. The van der Waals surface area contributed by atoms with Gasteiger partial charge in [0, 0.05) is 18.1 Å². The van der Waals surface area contributed by atoms with Gasteiger partial charge in [-0.05, 0) is 17.7 Å². The molecule has 5 N–H and O–H groups in total. The molecule has 0 radical (unpaired) electrons. The fourth-order valence-corrected chi connectivity index (χ4v) is 1.80. The predicted octanol–water partition coefficient (Wildman–Crippen LogP) is 0.364. The Hall–Kier alpha value is -2.74. The highest BCUT2D eigenvalue weighted by Crippen LogP contribution is 2.09. The Kier molecular flexibility index (Phi) is 7.57. The standard InChI is InChI=1S/C15H18ClN3O5/c1-24-11(20)6-7-18-14(22)12(13(17)21)15(23)19-8-9-2-4-10(16)5-3-9/h2-5,21H,6-8,17H2,1H3,(H,18,22)(H,19,23)/b13-12+. The Morgan fingerprint density at radius 3 is 2.29 bits per heavy atom. The van der Waals surface area contributed by atoms with Gasteiger partial charge < -0.3 is 26.2 Å². The minimum absolute atomic E-state index is 0.0627. The van der Waals surface area contributed by atoms with Crippen molar-refractivity contribution >= 4 is 29.4 Å². The third kappa shape index (κ3) is 6.17. The third-order valence-corrected chi connectivity index (χ3v) is 3.17. The van der Waals surface area contributed by atoms with E-state index in [9.17, 15) is 19.5 Å². The van der Waals surface area contributed by atoms with E-state index in [-0.39, 0.29) is 19.5 Å². The van der Waals surface area contributed by atoms with Crippen LogP contribution in [0.3, 0.4) is 0 Å². The molecule has 2 amide bonds. The summed E-state index contributed by atoms with van der Waals surface area (Å²) in [7, 11) is 1.21. The number of amides is 2. The zero-order chi connectivity index (χ0) is 18.1. The molecule has 24 heavy (non-hydrogen) atoms. The third-order valence-electron chi connectivity index (χ3n) is 2.92. The number of rotatable bonds is 7. The van der Waals surface area contributed by atoms with E-state index in [0.29, 0.717) is 5.02 Å². The van der Waals surface area contributed by atoms with Crippen molar-refractivity contribution < 1.29 is 24.2 Å². The summed E-state index contributed by atoms with van der Waals surface area (Å²) in [5, 5.41) is 14.7. The van der Waals surface area contributed by atoms with Gasteiger partial charge in [0.25, 0.3) is 11.8 Å². The number of methoxy groups -OCH3 is 1. The molecule has 0 aromatic heterocycles. The molecule has 1 aromatic rings. The molecule has 0 heterocycles. The minimum atomic E-state index is -0.917. The topological polar surface area (TPSA) is 131 Å². The smallest absolute Gasteiger partial charge is 0.307 e. The molecule has 0 aliphatic rings. The number of halogens is 1. The number of nitrogens with one attached hydrogen (secondary N) is 2. The summed E-state index contributed by atoms with van der Waals surface area (Å²) in [5.41, 5.74) is 5.30. The molecule has 8 nitrogen and oxygen atoms in total. The number of esters is 1. The van der Waals surface area contributed by atoms with Gasteiger partial charge in [0.1, 0.15) is 0 Å². The van der Waals surface area contributed by atoms with Crippen LogP contribution >= 0.6 is 11.6 Å². The molecule has 0 bridgehead atoms. The highest BCUT2D eigenvalue weighted by Gasteiger charge is 2.22. The van der Waals surface area contributed by atoms with Gasteiger partial charge in [-0.1, -0.05) is 23.7 Å². The second-order valence-corrected chi connectivity index (χ2v) is 5.09. The number of hydrogen-bond acceptors (Lipinski definition) is 6. The number of aliphatic hydroxyl groups is 1. The van der Waals surface area contributed by atoms with Crippen molar-refractivity contribution in [3.63, 3.8) is 0 Å². The zero-order valence-electron chi connectivity index (χ0n) is 13.0. The van der Waals surface area contributed by atoms with Crippen molar-refractivity contribution in [1.29, 1.82) is 0 Å². The molecule has 0 atom stereocenters. The quantitative estimate of drug-likeness (QED) is 0.184. The molecule has 0 unspecified atom stereocenters. The highest BCUT2D eigenvalue weighted by atomic mass is 35.5. The highest BCUT2D eigenvalue weighted by molar-refractivity contribution is 6.30. The number of benzene rings is 1. The Bertz CT molecular complexity index is 639. The predicted molar refractivity (Wildman–Crippen MR) is 86.8 cm³/mol. The van der Waals surface area contributed by atoms with E-state index in [2.05, 4.69) is 15.4 Å². The Morgan fingerprint density at radius 2 is 1.75 bits per heavy atom. The number of nitrogens with two attached hydrogens (primary N) is 1. The first-order chi connectivity index (χ1) is 11.3. The molecule has 1 rings (SSSR count). The zero-order valence-corrected chi connectivity index (χ0v) is 13.7. The van der Waals surface area contributed by atoms with Gasteiger partial charge in [-0.15, -0.1) is 0 Å². The monoisotopic (exact) mass is 355 g/mol. The minimum Gasteiger partial charge on any atom is -0.494 e. The summed E-state index contributed by atoms with van der Waals surface area (Å²) in [6.45, 7) is 0.0506. The van der Waals surface area contributed by atoms with Crippen LogP contribution < -0.4 is 16.4 Å². The average Bonchev–Trinajstić information content (AvgIpc) is 2.53. The summed E-state index contributed by atoms with van der Waals surface area (Å²) >= 11 is 5.76. The van der Waals surface area contributed by atoms with Crippen molar-refractivity contribution in [1.82, 2.24) is 10.6 Å². The summed E-state index contributed by atoms with van der Waals surface area (Å²) in [6, 6.07) is 6.70. The average molecular weight is 356 g/mol. The van der Waals surface area contributed by atoms with Crippen LogP contribution in [0.25, 0.3) is 0 Å². The molecule has 130 valence electrons. The Labute approximate surface area is 143 Å². The fraction of sp³-hybridized carbons (Fsp3) is 0.267. The van der Waals surface area contributed by atoms with Gasteiger partial charge in [0.2, 0.25) is 0 Å². The summed E-state index contributed by atoms with van der Waals surface area (Å²) in [4.78, 5) is 34.9. The van der Waals surface area contributed by atoms with Crippen LogP contribution in [0.1, 0.15) is 12.0 Å². The molecular weight excluding hydrogens is 338 g/mol. The largest absolute Gasteiger partial charge is 0.494 e. The van der Waals surface area contributed by atoms with Crippen LogP contribution in [-0.4, -0.2) is 36.5 Å². The molecule has 9 heteroatoms. The van der Waals surface area contributed by atoms with E-state index < -0.39 is 29.2 Å². The van der Waals surface area contributed by atoms with Crippen molar-refractivity contribution in [3.05, 3.63) is 46.3 Å². The van der Waals surface area contributed by atoms with Crippen LogP contribution in [0.4, 0.5) is 0 Å². The normalized spacial score (nSPS) is 11.2. The SMILES string of the molecule is COC(=O)CCNC(=O)/C(C(=O)NCc1ccc(Cl)cc1)=C(/N)O. The van der Waals surface area contributed by atoms with Gasteiger partial charge >= 0.3 is 5.97 Å². The van der Waals surface area contributed by atoms with Crippen molar-refractivity contribution in [2.45, 2.75) is 13.0 Å². The van der Waals surface area contributed by atoms with E-state index in [1.165, 1.54) is 7.11 Å². The van der Waals surface area contributed by atoms with Gasteiger partial charge in [-0.2, -0.15) is 0 Å². The van der Waals surface area contributed by atoms with E-state index in [0.717, 1.165) is 5.56 Å². The lowest BCUT2D eigenvalue weighted by molar-refractivity contribution is -0.140. The first kappa shape index (κ1) is 19.3. The number of ether oxygens (including phenoxy) is 1. The van der Waals surface area contributed by atoms with Gasteiger partial charge in [0.05, 0.1) is 13.5 Å². The van der Waals surface area contributed by atoms with Crippen molar-refractivity contribution in [2.24, 2.45) is 5.73 Å². The summed E-state index contributed by atoms with van der Waals surface area (Å²) < 4.78 is 4.42. The van der Waals surface area contributed by atoms with Crippen LogP contribution in [0.15, 0.2) is 35.7 Å². The second-order valence-electron chi connectivity index (χ2n) is 4.65. The lowest BCUT2D eigenvalue weighted by Gasteiger charge is -2.10. The van der Waals surface area contributed by atoms with Gasteiger partial charge in [-0.3, -0.25) is 14.4 Å². The molecule has 0 aliphatic heterocycles. The molecule has 0 aliphatic carbocycles. The molecule has 0 fully saturated rings. The first-order valence-electron chi connectivity index (χ1n) is 6.91. The summed E-state index contributed by atoms with van der Waals surface area (Å²) in [5.74, 6) is -3.18. The number of aliphatic hydroxyl groups excluding tert-OH is 1. The molecule has 1 aromatic carbocycles. The second kappa shape index (κ2) is 9.41. The van der Waals surface area contributed by atoms with Crippen molar-refractivity contribution in [2.75, 3.05) is 13.7 Å². The van der Waals surface area contributed by atoms with E-state index in [1.54, 1.807) is 24.3 Å². The molecule has 0 saturated heterocycles. The maximum Gasteiger partial charge on any atom is 0.307 e. The van der Waals surface area contributed by atoms with Crippen molar-refractivity contribution in [3.8, 4) is 0 Å². The summed E-state index contributed by atoms with van der Waals surface area (Å²) in [6.07, 6.45) is -0.0761. The Balaban J connectivity index is 2.62. The maximum atomic E-state index is 12.0. The van der Waals surface area contributed by atoms with E-state index in [1.807, 2.05) is 0 Å². The van der Waals surface area contributed by atoms with Gasteiger partial charge in [-0.25, -0.2) is 0 Å². The number of hydrogen-bond donors (Lipinski definition) is 4. The van der Waals surface area contributed by atoms with Crippen LogP contribution in [0.2, 0.25) is 5.02 Å². The number of carbonyl (C=O) groups is 3. The first-order valence-corrected chi connectivity index (χ1v) is 7.29. The number of carbonyl (C=O) groups excluding carboxylic acids is 3.